The number of hydrogen-bond donors (Lipinski definition) is 0. The third-order valence-electron chi connectivity index (χ3n) is 3.14. The fourth-order valence-corrected chi connectivity index (χ4v) is 2.15. The maximum atomic E-state index is 11.3. The maximum Gasteiger partial charge on any atom is 0.410 e. The monoisotopic (exact) mass is 227 g/mol. The van der Waals surface area contributed by atoms with Crippen LogP contribution >= 0.6 is 0 Å². The molecule has 1 atom stereocenters. The van der Waals surface area contributed by atoms with Gasteiger partial charge in [0.1, 0.15) is 6.10 Å². The Morgan fingerprint density at radius 2 is 1.94 bits per heavy atom. The molecule has 86 valence electrons. The Kier molecular flexibility index (Phi) is 2.25. The summed E-state index contributed by atoms with van der Waals surface area (Å²) in [5.74, 6) is 0. The normalized spacial score (nSPS) is 19.7. The van der Waals surface area contributed by atoms with E-state index in [0.717, 1.165) is 5.56 Å². The number of benzene rings is 2. The van der Waals surface area contributed by atoms with Crippen molar-refractivity contribution < 1.29 is 9.53 Å². The Morgan fingerprint density at radius 3 is 2.65 bits per heavy atom. The maximum absolute atomic E-state index is 11.3. The van der Waals surface area contributed by atoms with Crippen LogP contribution in [0.1, 0.15) is 11.7 Å². The zero-order chi connectivity index (χ0) is 11.8. The van der Waals surface area contributed by atoms with Crippen LogP contribution < -0.4 is 0 Å². The van der Waals surface area contributed by atoms with Crippen molar-refractivity contribution in [2.45, 2.75) is 6.10 Å². The molecular weight excluding hydrogens is 214 g/mol. The Morgan fingerprint density at radius 1 is 1.18 bits per heavy atom. The predicted molar refractivity (Wildman–Crippen MR) is 65.8 cm³/mol. The van der Waals surface area contributed by atoms with Gasteiger partial charge < -0.3 is 9.64 Å². The van der Waals surface area contributed by atoms with Crippen LogP contribution in [0.5, 0.6) is 0 Å². The number of ether oxygens (including phenoxy) is 1. The molecule has 0 bridgehead atoms. The van der Waals surface area contributed by atoms with Crippen LogP contribution in [-0.2, 0) is 4.74 Å². The van der Waals surface area contributed by atoms with Crippen LogP contribution in [0.3, 0.4) is 0 Å². The van der Waals surface area contributed by atoms with Gasteiger partial charge in [-0.15, -0.1) is 0 Å². The van der Waals surface area contributed by atoms with Gasteiger partial charge in [0.15, 0.2) is 0 Å². The van der Waals surface area contributed by atoms with Crippen LogP contribution in [0.2, 0.25) is 0 Å². The molecule has 1 aliphatic rings. The molecule has 3 heteroatoms. The molecule has 3 rings (SSSR count). The molecule has 17 heavy (non-hydrogen) atoms. The Labute approximate surface area is 99.6 Å². The van der Waals surface area contributed by atoms with Crippen molar-refractivity contribution >= 4 is 16.9 Å². The standard InChI is InChI=1S/C14H13NO2/c1-15-9-13(17-14(15)16)12-7-6-10-4-2-3-5-11(10)8-12/h2-8,13H,9H2,1H3/t13-/m0/s1. The van der Waals surface area contributed by atoms with E-state index < -0.39 is 0 Å². The average Bonchev–Trinajstić information content (AvgIpc) is 2.69. The van der Waals surface area contributed by atoms with Crippen LogP contribution in [0.4, 0.5) is 4.79 Å². The second-order valence-corrected chi connectivity index (χ2v) is 4.36. The van der Waals surface area contributed by atoms with Crippen molar-refractivity contribution in [3.8, 4) is 0 Å². The first-order chi connectivity index (χ1) is 8.24. The largest absolute Gasteiger partial charge is 0.439 e. The number of carbonyl (C=O) groups is 1. The van der Waals surface area contributed by atoms with E-state index in [2.05, 4.69) is 24.3 Å². The number of likely N-dealkylation sites (N-methyl/N-ethyl adjacent to an activating group) is 1. The highest BCUT2D eigenvalue weighted by Crippen LogP contribution is 2.27. The predicted octanol–water partition coefficient (Wildman–Crippen LogP) is 2.96. The molecule has 0 aromatic heterocycles. The van der Waals surface area contributed by atoms with E-state index in [0.29, 0.717) is 6.54 Å². The van der Waals surface area contributed by atoms with E-state index in [4.69, 9.17) is 4.74 Å². The van der Waals surface area contributed by atoms with Crippen molar-refractivity contribution in [1.29, 1.82) is 0 Å². The minimum absolute atomic E-state index is 0.142. The molecule has 1 heterocycles. The molecule has 0 radical (unpaired) electrons. The van der Waals surface area contributed by atoms with E-state index >= 15 is 0 Å². The lowest BCUT2D eigenvalue weighted by molar-refractivity contribution is 0.135. The van der Waals surface area contributed by atoms with Gasteiger partial charge in [0.05, 0.1) is 6.54 Å². The first-order valence-electron chi connectivity index (χ1n) is 5.64. The lowest BCUT2D eigenvalue weighted by Gasteiger charge is -2.09. The molecule has 0 aliphatic carbocycles. The molecular formula is C14H13NO2. The summed E-state index contributed by atoms with van der Waals surface area (Å²) in [6, 6.07) is 14.4. The zero-order valence-corrected chi connectivity index (χ0v) is 9.59. The summed E-state index contributed by atoms with van der Waals surface area (Å²) in [7, 11) is 1.75. The van der Waals surface area contributed by atoms with Gasteiger partial charge in [-0.3, -0.25) is 0 Å². The lowest BCUT2D eigenvalue weighted by Crippen LogP contribution is -2.17. The van der Waals surface area contributed by atoms with Gasteiger partial charge in [0.2, 0.25) is 0 Å². The van der Waals surface area contributed by atoms with Crippen LogP contribution in [0.15, 0.2) is 42.5 Å². The summed E-state index contributed by atoms with van der Waals surface area (Å²) in [5.41, 5.74) is 1.06. The van der Waals surface area contributed by atoms with Gasteiger partial charge in [0.25, 0.3) is 0 Å². The molecule has 1 fully saturated rings. The van der Waals surface area contributed by atoms with Gasteiger partial charge in [-0.25, -0.2) is 4.79 Å². The number of cyclic esters (lactones) is 1. The van der Waals surface area contributed by atoms with Crippen molar-refractivity contribution in [3.63, 3.8) is 0 Å². The van der Waals surface area contributed by atoms with Crippen molar-refractivity contribution in [2.24, 2.45) is 0 Å². The van der Waals surface area contributed by atoms with Crippen molar-refractivity contribution in [3.05, 3.63) is 48.0 Å². The molecule has 0 unspecified atom stereocenters. The Hall–Kier alpha value is -2.03. The van der Waals surface area contributed by atoms with E-state index in [1.165, 1.54) is 10.8 Å². The van der Waals surface area contributed by atoms with Crippen LogP contribution in [0, 0.1) is 0 Å². The summed E-state index contributed by atoms with van der Waals surface area (Å²) in [6.45, 7) is 0.622. The second-order valence-electron chi connectivity index (χ2n) is 4.36. The third-order valence-corrected chi connectivity index (χ3v) is 3.14. The molecule has 1 aliphatic heterocycles. The molecule has 0 N–H and O–H groups in total. The number of rotatable bonds is 1. The van der Waals surface area contributed by atoms with Gasteiger partial charge in [-0.1, -0.05) is 36.4 Å². The Balaban J connectivity index is 1.99. The number of amides is 1. The lowest BCUT2D eigenvalue weighted by atomic mass is 10.0. The summed E-state index contributed by atoms with van der Waals surface area (Å²) in [5, 5.41) is 2.38. The summed E-state index contributed by atoms with van der Waals surface area (Å²) in [6.07, 6.45) is -0.389. The highest BCUT2D eigenvalue weighted by atomic mass is 16.6. The van der Waals surface area contributed by atoms with Crippen molar-refractivity contribution in [1.82, 2.24) is 4.90 Å². The number of nitrogens with zero attached hydrogens (tertiary/aromatic N) is 1. The topological polar surface area (TPSA) is 29.5 Å². The number of hydrogen-bond acceptors (Lipinski definition) is 2. The van der Waals surface area contributed by atoms with E-state index in [1.807, 2.05) is 18.2 Å². The average molecular weight is 227 g/mol. The molecule has 0 saturated carbocycles. The molecule has 0 spiro atoms. The first kappa shape index (κ1) is 10.1. The quantitative estimate of drug-likeness (QED) is 0.749. The SMILES string of the molecule is CN1C[C@@H](c2ccc3ccccc3c2)OC1=O. The molecule has 1 amide bonds. The highest BCUT2D eigenvalue weighted by Gasteiger charge is 2.29. The molecule has 2 aromatic rings. The van der Waals surface area contributed by atoms with Gasteiger partial charge in [0, 0.05) is 7.05 Å². The van der Waals surface area contributed by atoms with Gasteiger partial charge in [-0.2, -0.15) is 0 Å². The highest BCUT2D eigenvalue weighted by molar-refractivity contribution is 5.83. The zero-order valence-electron chi connectivity index (χ0n) is 9.59. The van der Waals surface area contributed by atoms with E-state index in [9.17, 15) is 4.79 Å². The van der Waals surface area contributed by atoms with E-state index in [-0.39, 0.29) is 12.2 Å². The fourth-order valence-electron chi connectivity index (χ4n) is 2.15. The Bertz CT molecular complexity index is 579. The summed E-state index contributed by atoms with van der Waals surface area (Å²) < 4.78 is 5.30. The number of carbonyl (C=O) groups excluding carboxylic acids is 1. The molecule has 1 saturated heterocycles. The summed E-state index contributed by atoms with van der Waals surface area (Å²) in [4.78, 5) is 12.9. The van der Waals surface area contributed by atoms with E-state index in [1.54, 1.807) is 11.9 Å². The third kappa shape index (κ3) is 1.73. The summed E-state index contributed by atoms with van der Waals surface area (Å²) >= 11 is 0. The minimum atomic E-state index is -0.247. The van der Waals surface area contributed by atoms with Crippen LogP contribution in [-0.4, -0.2) is 24.6 Å². The van der Waals surface area contributed by atoms with Gasteiger partial charge >= 0.3 is 6.09 Å². The molecule has 3 nitrogen and oxygen atoms in total. The first-order valence-corrected chi connectivity index (χ1v) is 5.64. The van der Waals surface area contributed by atoms with Crippen LogP contribution in [0.25, 0.3) is 10.8 Å². The minimum Gasteiger partial charge on any atom is -0.439 e. The van der Waals surface area contributed by atoms with Crippen molar-refractivity contribution in [2.75, 3.05) is 13.6 Å². The smallest absolute Gasteiger partial charge is 0.410 e. The van der Waals surface area contributed by atoms with Gasteiger partial charge in [-0.05, 0) is 22.4 Å². The number of fused-ring (bicyclic) bond motifs is 1. The second kappa shape index (κ2) is 3.77. The molecule has 2 aromatic carbocycles. The fraction of sp³-hybridized carbons (Fsp3) is 0.214.